The summed E-state index contributed by atoms with van der Waals surface area (Å²) in [6, 6.07) is 4.41. The Balaban J connectivity index is 1.90. The zero-order valence-corrected chi connectivity index (χ0v) is 11.2. The number of carbonyl (C=O) groups is 2. The molecular weight excluding hydrogens is 276 g/mol. The van der Waals surface area contributed by atoms with E-state index in [0.717, 1.165) is 0 Å². The molecule has 110 valence electrons. The number of carbonyl (C=O) groups excluding carboxylic acids is 1. The van der Waals surface area contributed by atoms with Crippen molar-refractivity contribution in [2.75, 3.05) is 19.7 Å². The minimum atomic E-state index is -1.05. The van der Waals surface area contributed by atoms with Crippen molar-refractivity contribution in [1.82, 2.24) is 15.2 Å². The normalized spacial score (nSPS) is 17.9. The van der Waals surface area contributed by atoms with Crippen LogP contribution in [0.2, 0.25) is 0 Å². The lowest BCUT2D eigenvalue weighted by molar-refractivity contribution is 0.0156. The lowest BCUT2D eigenvalue weighted by Crippen LogP contribution is -2.49. The van der Waals surface area contributed by atoms with Gasteiger partial charge in [0, 0.05) is 12.7 Å². The molecule has 1 unspecified atom stereocenters. The molecule has 1 saturated heterocycles. The first-order valence-corrected chi connectivity index (χ1v) is 6.32. The standard InChI is InChI=1S/C13H14N4O4/c14-6-11-8-17(3-4-21-11)13(20)16-7-10-5-9(12(18)19)1-2-15-10/h1-2,5,11H,3-4,7-8H2,(H,16,20)(H,18,19). The fraction of sp³-hybridized carbons (Fsp3) is 0.385. The Morgan fingerprint density at radius 3 is 3.14 bits per heavy atom. The quantitative estimate of drug-likeness (QED) is 0.822. The summed E-state index contributed by atoms with van der Waals surface area (Å²) < 4.78 is 5.15. The van der Waals surface area contributed by atoms with E-state index in [1.165, 1.54) is 23.2 Å². The summed E-state index contributed by atoms with van der Waals surface area (Å²) >= 11 is 0. The second-order valence-corrected chi connectivity index (χ2v) is 4.43. The first-order chi connectivity index (χ1) is 10.1. The summed E-state index contributed by atoms with van der Waals surface area (Å²) in [5.41, 5.74) is 0.568. The number of pyridine rings is 1. The van der Waals surface area contributed by atoms with Gasteiger partial charge >= 0.3 is 12.0 Å². The van der Waals surface area contributed by atoms with Gasteiger partial charge in [0.2, 0.25) is 0 Å². The third-order valence-electron chi connectivity index (χ3n) is 2.98. The van der Waals surface area contributed by atoms with E-state index in [4.69, 9.17) is 15.1 Å². The second kappa shape index (κ2) is 6.67. The highest BCUT2D eigenvalue weighted by atomic mass is 16.5. The van der Waals surface area contributed by atoms with E-state index in [-0.39, 0.29) is 24.7 Å². The van der Waals surface area contributed by atoms with Crippen molar-refractivity contribution in [3.05, 3.63) is 29.6 Å². The third kappa shape index (κ3) is 3.90. The highest BCUT2D eigenvalue weighted by molar-refractivity contribution is 5.87. The molecule has 0 aromatic carbocycles. The number of rotatable bonds is 3. The lowest BCUT2D eigenvalue weighted by Gasteiger charge is -2.29. The van der Waals surface area contributed by atoms with Crippen LogP contribution in [0.15, 0.2) is 18.3 Å². The van der Waals surface area contributed by atoms with E-state index < -0.39 is 12.1 Å². The number of aromatic carboxylic acids is 1. The monoisotopic (exact) mass is 290 g/mol. The van der Waals surface area contributed by atoms with E-state index in [1.54, 1.807) is 0 Å². The molecule has 1 aromatic heterocycles. The maximum atomic E-state index is 12.0. The van der Waals surface area contributed by atoms with E-state index in [0.29, 0.717) is 18.8 Å². The third-order valence-corrected chi connectivity index (χ3v) is 2.98. The van der Waals surface area contributed by atoms with Crippen LogP contribution in [0.25, 0.3) is 0 Å². The summed E-state index contributed by atoms with van der Waals surface area (Å²) in [6.45, 7) is 1.06. The summed E-state index contributed by atoms with van der Waals surface area (Å²) in [5.74, 6) is -1.05. The molecule has 1 fully saturated rings. The minimum Gasteiger partial charge on any atom is -0.478 e. The maximum absolute atomic E-state index is 12.0. The van der Waals surface area contributed by atoms with Gasteiger partial charge in [-0.3, -0.25) is 4.98 Å². The van der Waals surface area contributed by atoms with Crippen molar-refractivity contribution in [1.29, 1.82) is 5.26 Å². The number of nitrogens with one attached hydrogen (secondary N) is 1. The lowest BCUT2D eigenvalue weighted by atomic mass is 10.2. The van der Waals surface area contributed by atoms with E-state index >= 15 is 0 Å². The zero-order valence-electron chi connectivity index (χ0n) is 11.2. The summed E-state index contributed by atoms with van der Waals surface area (Å²) in [5, 5.41) is 20.3. The number of carboxylic acid groups (broad SMARTS) is 1. The molecule has 21 heavy (non-hydrogen) atoms. The molecule has 2 rings (SSSR count). The summed E-state index contributed by atoms with van der Waals surface area (Å²) in [7, 11) is 0. The van der Waals surface area contributed by atoms with Gasteiger partial charge in [0.05, 0.1) is 37.0 Å². The van der Waals surface area contributed by atoms with Gasteiger partial charge < -0.3 is 20.1 Å². The Kier molecular flexibility index (Phi) is 4.68. The number of morpholine rings is 1. The fourth-order valence-electron chi connectivity index (χ4n) is 1.90. The van der Waals surface area contributed by atoms with Crippen molar-refractivity contribution in [2.45, 2.75) is 12.6 Å². The van der Waals surface area contributed by atoms with Crippen LogP contribution in [0.1, 0.15) is 16.1 Å². The first kappa shape index (κ1) is 14.7. The topological polar surface area (TPSA) is 116 Å². The van der Waals surface area contributed by atoms with E-state index in [9.17, 15) is 9.59 Å². The van der Waals surface area contributed by atoms with Crippen LogP contribution in [0, 0.1) is 11.3 Å². The number of ether oxygens (including phenoxy) is 1. The summed E-state index contributed by atoms with van der Waals surface area (Å²) in [4.78, 5) is 28.3. The van der Waals surface area contributed by atoms with Crippen LogP contribution in [0.4, 0.5) is 4.79 Å². The van der Waals surface area contributed by atoms with Crippen LogP contribution in [-0.2, 0) is 11.3 Å². The molecule has 1 aliphatic heterocycles. The first-order valence-electron chi connectivity index (χ1n) is 6.32. The number of urea groups is 1. The van der Waals surface area contributed by atoms with E-state index in [2.05, 4.69) is 10.3 Å². The fourth-order valence-corrected chi connectivity index (χ4v) is 1.90. The van der Waals surface area contributed by atoms with Crippen LogP contribution in [-0.4, -0.2) is 52.8 Å². The molecule has 0 saturated carbocycles. The molecule has 2 amide bonds. The van der Waals surface area contributed by atoms with Gasteiger partial charge in [-0.1, -0.05) is 0 Å². The number of hydrogen-bond donors (Lipinski definition) is 2. The Hall–Kier alpha value is -2.66. The number of nitrogens with zero attached hydrogens (tertiary/aromatic N) is 3. The van der Waals surface area contributed by atoms with Gasteiger partial charge in [-0.2, -0.15) is 5.26 Å². The number of hydrogen-bond acceptors (Lipinski definition) is 5. The minimum absolute atomic E-state index is 0.116. The largest absolute Gasteiger partial charge is 0.478 e. The predicted octanol–water partition coefficient (Wildman–Crippen LogP) is 0.214. The summed E-state index contributed by atoms with van der Waals surface area (Å²) in [6.07, 6.45) is 0.767. The van der Waals surface area contributed by atoms with Crippen LogP contribution < -0.4 is 5.32 Å². The van der Waals surface area contributed by atoms with Gasteiger partial charge in [-0.05, 0) is 12.1 Å². The predicted molar refractivity (Wildman–Crippen MR) is 70.4 cm³/mol. The van der Waals surface area contributed by atoms with Gasteiger partial charge in [0.25, 0.3) is 0 Å². The molecule has 1 atom stereocenters. The number of amides is 2. The highest BCUT2D eigenvalue weighted by Gasteiger charge is 2.23. The number of nitriles is 1. The Morgan fingerprint density at radius 1 is 1.62 bits per heavy atom. The second-order valence-electron chi connectivity index (χ2n) is 4.43. The number of aromatic nitrogens is 1. The number of carboxylic acids is 1. The molecule has 0 spiro atoms. The van der Waals surface area contributed by atoms with Crippen molar-refractivity contribution >= 4 is 12.0 Å². The van der Waals surface area contributed by atoms with Crippen LogP contribution in [0.3, 0.4) is 0 Å². The van der Waals surface area contributed by atoms with Crippen LogP contribution >= 0.6 is 0 Å². The molecule has 8 nitrogen and oxygen atoms in total. The smallest absolute Gasteiger partial charge is 0.335 e. The zero-order chi connectivity index (χ0) is 15.2. The highest BCUT2D eigenvalue weighted by Crippen LogP contribution is 2.05. The van der Waals surface area contributed by atoms with Crippen molar-refractivity contribution in [3.63, 3.8) is 0 Å². The van der Waals surface area contributed by atoms with Crippen molar-refractivity contribution < 1.29 is 19.4 Å². The molecule has 0 radical (unpaired) electrons. The van der Waals surface area contributed by atoms with Gasteiger partial charge in [0.15, 0.2) is 6.10 Å². The molecular formula is C13H14N4O4. The molecule has 2 N–H and O–H groups in total. The van der Waals surface area contributed by atoms with Crippen LogP contribution in [0.5, 0.6) is 0 Å². The van der Waals surface area contributed by atoms with Crippen molar-refractivity contribution in [3.8, 4) is 6.07 Å². The Bertz CT molecular complexity index is 584. The molecule has 1 aromatic rings. The van der Waals surface area contributed by atoms with Gasteiger partial charge in [-0.15, -0.1) is 0 Å². The molecule has 0 aliphatic carbocycles. The van der Waals surface area contributed by atoms with Gasteiger partial charge in [-0.25, -0.2) is 9.59 Å². The molecule has 2 heterocycles. The SMILES string of the molecule is N#CC1CN(C(=O)NCc2cc(C(=O)O)ccn2)CCO1. The van der Waals surface area contributed by atoms with Gasteiger partial charge in [0.1, 0.15) is 0 Å². The molecule has 0 bridgehead atoms. The average Bonchev–Trinajstić information content (AvgIpc) is 2.53. The Labute approximate surface area is 120 Å². The maximum Gasteiger partial charge on any atom is 0.335 e. The Morgan fingerprint density at radius 2 is 2.43 bits per heavy atom. The molecule has 8 heteroatoms. The van der Waals surface area contributed by atoms with Crippen molar-refractivity contribution in [2.24, 2.45) is 0 Å². The molecule has 1 aliphatic rings. The van der Waals surface area contributed by atoms with E-state index in [1.807, 2.05) is 6.07 Å². The average molecular weight is 290 g/mol.